The Labute approximate surface area is 87.3 Å². The second kappa shape index (κ2) is 4.19. The molecule has 2 rings (SSSR count). The highest BCUT2D eigenvalue weighted by Gasteiger charge is 2.15. The van der Waals surface area contributed by atoms with Gasteiger partial charge in [-0.2, -0.15) is 0 Å². The van der Waals surface area contributed by atoms with Crippen LogP contribution in [0.5, 0.6) is 0 Å². The van der Waals surface area contributed by atoms with Crippen LogP contribution in [-0.4, -0.2) is 22.6 Å². The molecule has 1 aliphatic heterocycles. The summed E-state index contributed by atoms with van der Waals surface area (Å²) in [6, 6.07) is 0. The molecule has 2 heterocycles. The molecule has 1 fully saturated rings. The van der Waals surface area contributed by atoms with Gasteiger partial charge in [0, 0.05) is 12.7 Å². The Morgan fingerprint density at radius 1 is 1.50 bits per heavy atom. The van der Waals surface area contributed by atoms with E-state index < -0.39 is 0 Å². The van der Waals surface area contributed by atoms with Crippen LogP contribution in [0.2, 0.25) is 5.15 Å². The fourth-order valence-corrected chi connectivity index (χ4v) is 2.07. The maximum Gasteiger partial charge on any atom is 0.326 e. The summed E-state index contributed by atoms with van der Waals surface area (Å²) in [5, 5.41) is 3.80. The van der Waals surface area contributed by atoms with Gasteiger partial charge in [0.15, 0.2) is 0 Å². The van der Waals surface area contributed by atoms with Gasteiger partial charge in [-0.15, -0.1) is 0 Å². The lowest BCUT2D eigenvalue weighted by Gasteiger charge is -2.22. The summed E-state index contributed by atoms with van der Waals surface area (Å²) in [5.74, 6) is 0.572. The van der Waals surface area contributed by atoms with Gasteiger partial charge in [0.05, 0.1) is 0 Å². The number of H-pyrrole nitrogens is 1. The molecule has 0 aliphatic carbocycles. The quantitative estimate of drug-likeness (QED) is 0.768. The number of aromatic amines is 1. The van der Waals surface area contributed by atoms with Crippen molar-refractivity contribution >= 4 is 11.6 Å². The summed E-state index contributed by atoms with van der Waals surface area (Å²) in [4.78, 5) is 13.9. The molecule has 0 saturated carbocycles. The summed E-state index contributed by atoms with van der Waals surface area (Å²) in [5.41, 5.74) is -0.103. The first-order valence-electron chi connectivity index (χ1n) is 4.92. The summed E-state index contributed by atoms with van der Waals surface area (Å²) in [6.07, 6.45) is 3.78. The van der Waals surface area contributed by atoms with Gasteiger partial charge in [-0.25, -0.2) is 4.79 Å². The smallest absolute Gasteiger partial charge is 0.317 e. The number of hydrogen-bond acceptors (Lipinski definition) is 2. The molecule has 0 amide bonds. The Bertz CT molecular complexity index is 351. The van der Waals surface area contributed by atoms with E-state index in [1.165, 1.54) is 0 Å². The lowest BCUT2D eigenvalue weighted by molar-refractivity contribution is 0.330. The van der Waals surface area contributed by atoms with Crippen LogP contribution in [0, 0.1) is 5.92 Å². The van der Waals surface area contributed by atoms with Crippen LogP contribution in [0.3, 0.4) is 0 Å². The Hall–Kier alpha value is -0.740. The lowest BCUT2D eigenvalue weighted by atomic mass is 9.98. The van der Waals surface area contributed by atoms with Crippen molar-refractivity contribution in [3.63, 3.8) is 0 Å². The Morgan fingerprint density at radius 2 is 2.21 bits per heavy atom. The second-order valence-corrected chi connectivity index (χ2v) is 4.11. The standard InChI is InChI=1S/C9H14ClN3O/c10-8-5-12-9(14)13(8)6-7-1-3-11-4-2-7/h5,7,11H,1-4,6H2,(H,12,14). The molecule has 5 heteroatoms. The molecule has 78 valence electrons. The third-order valence-electron chi connectivity index (χ3n) is 2.72. The van der Waals surface area contributed by atoms with E-state index in [9.17, 15) is 4.79 Å². The number of imidazole rings is 1. The van der Waals surface area contributed by atoms with Gasteiger partial charge in [-0.05, 0) is 31.8 Å². The van der Waals surface area contributed by atoms with E-state index in [2.05, 4.69) is 10.3 Å². The number of hydrogen-bond donors (Lipinski definition) is 2. The van der Waals surface area contributed by atoms with Crippen molar-refractivity contribution in [1.82, 2.24) is 14.9 Å². The van der Waals surface area contributed by atoms with Crippen LogP contribution in [0.1, 0.15) is 12.8 Å². The number of rotatable bonds is 2. The topological polar surface area (TPSA) is 49.8 Å². The van der Waals surface area contributed by atoms with Crippen molar-refractivity contribution < 1.29 is 0 Å². The van der Waals surface area contributed by atoms with Crippen molar-refractivity contribution in [1.29, 1.82) is 0 Å². The second-order valence-electron chi connectivity index (χ2n) is 3.72. The van der Waals surface area contributed by atoms with Gasteiger partial charge in [0.2, 0.25) is 0 Å². The molecular formula is C9H14ClN3O. The molecule has 0 bridgehead atoms. The zero-order valence-corrected chi connectivity index (χ0v) is 8.68. The maximum atomic E-state index is 11.3. The highest BCUT2D eigenvalue weighted by atomic mass is 35.5. The van der Waals surface area contributed by atoms with Gasteiger partial charge in [0.25, 0.3) is 0 Å². The van der Waals surface area contributed by atoms with Crippen molar-refractivity contribution in [2.45, 2.75) is 19.4 Å². The molecule has 0 aromatic carbocycles. The van der Waals surface area contributed by atoms with Gasteiger partial charge in [0.1, 0.15) is 5.15 Å². The van der Waals surface area contributed by atoms with Crippen LogP contribution < -0.4 is 11.0 Å². The van der Waals surface area contributed by atoms with Gasteiger partial charge in [-0.3, -0.25) is 4.57 Å². The van der Waals surface area contributed by atoms with Crippen molar-refractivity contribution in [2.75, 3.05) is 13.1 Å². The molecule has 14 heavy (non-hydrogen) atoms. The van der Waals surface area contributed by atoms with E-state index in [4.69, 9.17) is 11.6 Å². The molecule has 1 saturated heterocycles. The first kappa shape index (κ1) is 9.80. The zero-order chi connectivity index (χ0) is 9.97. The molecule has 1 aromatic rings. The van der Waals surface area contributed by atoms with Gasteiger partial charge in [-0.1, -0.05) is 11.6 Å². The summed E-state index contributed by atoms with van der Waals surface area (Å²) < 4.78 is 1.61. The average Bonchev–Trinajstić information content (AvgIpc) is 2.51. The highest BCUT2D eigenvalue weighted by molar-refractivity contribution is 6.29. The van der Waals surface area contributed by atoms with Gasteiger partial charge >= 0.3 is 5.69 Å². The van der Waals surface area contributed by atoms with E-state index >= 15 is 0 Å². The zero-order valence-electron chi connectivity index (χ0n) is 7.92. The fraction of sp³-hybridized carbons (Fsp3) is 0.667. The molecule has 0 spiro atoms. The monoisotopic (exact) mass is 215 g/mol. The molecule has 0 unspecified atom stereocenters. The van der Waals surface area contributed by atoms with E-state index in [0.717, 1.165) is 32.5 Å². The average molecular weight is 216 g/mol. The fourth-order valence-electron chi connectivity index (χ4n) is 1.87. The van der Waals surface area contributed by atoms with Crippen LogP contribution in [-0.2, 0) is 6.54 Å². The minimum Gasteiger partial charge on any atom is -0.317 e. The number of piperidine rings is 1. The molecule has 4 nitrogen and oxygen atoms in total. The highest BCUT2D eigenvalue weighted by Crippen LogP contribution is 2.15. The molecular weight excluding hydrogens is 202 g/mol. The number of halogens is 1. The molecule has 0 atom stereocenters. The van der Waals surface area contributed by atoms with Crippen LogP contribution in [0.25, 0.3) is 0 Å². The molecule has 1 aromatic heterocycles. The summed E-state index contributed by atoms with van der Waals surface area (Å²) >= 11 is 5.88. The third kappa shape index (κ3) is 2.01. The largest absolute Gasteiger partial charge is 0.326 e. The van der Waals surface area contributed by atoms with Crippen LogP contribution >= 0.6 is 11.6 Å². The minimum absolute atomic E-state index is 0.103. The van der Waals surface area contributed by atoms with Crippen LogP contribution in [0.4, 0.5) is 0 Å². The number of nitrogens with one attached hydrogen (secondary N) is 2. The Balaban J connectivity index is 2.06. The van der Waals surface area contributed by atoms with Crippen LogP contribution in [0.15, 0.2) is 11.0 Å². The third-order valence-corrected chi connectivity index (χ3v) is 3.03. The lowest BCUT2D eigenvalue weighted by Crippen LogP contribution is -2.32. The normalized spacial score (nSPS) is 18.6. The molecule has 0 radical (unpaired) electrons. The molecule has 1 aliphatic rings. The van der Waals surface area contributed by atoms with E-state index in [0.29, 0.717) is 11.1 Å². The van der Waals surface area contributed by atoms with E-state index in [1.807, 2.05) is 0 Å². The number of aromatic nitrogens is 2. The summed E-state index contributed by atoms with van der Waals surface area (Å²) in [6.45, 7) is 2.83. The SMILES string of the molecule is O=c1[nH]cc(Cl)n1CC1CCNCC1. The van der Waals surface area contributed by atoms with Crippen molar-refractivity contribution in [3.05, 3.63) is 21.8 Å². The van der Waals surface area contributed by atoms with Crippen molar-refractivity contribution in [3.8, 4) is 0 Å². The van der Waals surface area contributed by atoms with Gasteiger partial charge < -0.3 is 10.3 Å². The first-order valence-corrected chi connectivity index (χ1v) is 5.29. The predicted molar refractivity (Wildman–Crippen MR) is 55.7 cm³/mol. The van der Waals surface area contributed by atoms with E-state index in [-0.39, 0.29) is 5.69 Å². The molecule has 2 N–H and O–H groups in total. The van der Waals surface area contributed by atoms with Crippen molar-refractivity contribution in [2.24, 2.45) is 5.92 Å². The Kier molecular flexibility index (Phi) is 2.93. The summed E-state index contributed by atoms with van der Waals surface area (Å²) in [7, 11) is 0. The Morgan fingerprint density at radius 3 is 2.79 bits per heavy atom. The maximum absolute atomic E-state index is 11.3. The van der Waals surface area contributed by atoms with E-state index in [1.54, 1.807) is 10.8 Å². The minimum atomic E-state index is -0.103. The predicted octanol–water partition coefficient (Wildman–Crippen LogP) is 0.829. The number of nitrogens with zero attached hydrogens (tertiary/aromatic N) is 1. The first-order chi connectivity index (χ1) is 6.77.